The lowest BCUT2D eigenvalue weighted by molar-refractivity contribution is -0.146. The summed E-state index contributed by atoms with van der Waals surface area (Å²) >= 11 is 8.31. The summed E-state index contributed by atoms with van der Waals surface area (Å²) in [6.45, 7) is 7.34. The molecule has 3 fully saturated rings. The number of hydrogen-bond acceptors (Lipinski definition) is 6. The van der Waals surface area contributed by atoms with Crippen molar-refractivity contribution in [3.63, 3.8) is 0 Å². The van der Waals surface area contributed by atoms with E-state index in [0.29, 0.717) is 40.7 Å². The Morgan fingerprint density at radius 2 is 1.89 bits per heavy atom. The molecule has 5 unspecified atom stereocenters. The van der Waals surface area contributed by atoms with Crippen LogP contribution in [0.25, 0.3) is 0 Å². The van der Waals surface area contributed by atoms with Gasteiger partial charge in [-0.15, -0.1) is 0 Å². The van der Waals surface area contributed by atoms with Gasteiger partial charge in [0.05, 0.1) is 10.9 Å². The molecule has 1 aromatic carbocycles. The number of fused-ring (bicyclic) bond motifs is 3. The van der Waals surface area contributed by atoms with Crippen molar-refractivity contribution in [2.75, 3.05) is 32.9 Å². The molecule has 0 spiro atoms. The Hall–Kier alpha value is -2.33. The molecule has 2 saturated heterocycles. The Labute approximate surface area is 233 Å². The van der Waals surface area contributed by atoms with Crippen LogP contribution in [0.2, 0.25) is 5.02 Å². The maximum absolute atomic E-state index is 13.3. The molecule has 3 aliphatic heterocycles. The molecule has 3 heterocycles. The minimum Gasteiger partial charge on any atom is -0.448 e. The minimum atomic E-state index is -0.936. The number of carbonyl (C=O) groups is 3. The van der Waals surface area contributed by atoms with Gasteiger partial charge in [-0.3, -0.25) is 9.59 Å². The van der Waals surface area contributed by atoms with Gasteiger partial charge < -0.3 is 30.3 Å². The molecule has 1 aliphatic carbocycles. The van der Waals surface area contributed by atoms with Gasteiger partial charge in [0.15, 0.2) is 11.5 Å². The zero-order valence-corrected chi connectivity index (χ0v) is 24.1. The van der Waals surface area contributed by atoms with Crippen molar-refractivity contribution < 1.29 is 23.9 Å². The van der Waals surface area contributed by atoms with Crippen LogP contribution < -0.4 is 25.4 Å². The first-order chi connectivity index (χ1) is 18.1. The van der Waals surface area contributed by atoms with E-state index >= 15 is 0 Å². The number of piperidine rings is 2. The van der Waals surface area contributed by atoms with Crippen LogP contribution in [-0.4, -0.2) is 72.8 Å². The molecular weight excluding hydrogens is 528 g/mol. The number of hydrogen-bond donors (Lipinski definition) is 3. The molecule has 4 aliphatic rings. The van der Waals surface area contributed by atoms with Crippen LogP contribution in [0, 0.1) is 30.6 Å². The first-order valence-corrected chi connectivity index (χ1v) is 15.0. The van der Waals surface area contributed by atoms with Gasteiger partial charge in [-0.1, -0.05) is 11.6 Å². The molecule has 9 nitrogen and oxygen atoms in total. The average Bonchev–Trinajstić information content (AvgIpc) is 3.39. The summed E-state index contributed by atoms with van der Waals surface area (Å²) in [7, 11) is 1.65. The number of thioether (sulfide) groups is 1. The van der Waals surface area contributed by atoms with E-state index in [1.165, 1.54) is 0 Å². The van der Waals surface area contributed by atoms with Crippen LogP contribution in [0.1, 0.15) is 49.0 Å². The number of benzene rings is 1. The third-order valence-electron chi connectivity index (χ3n) is 8.78. The fourth-order valence-electron chi connectivity index (χ4n) is 6.99. The first kappa shape index (κ1) is 27.2. The zero-order chi connectivity index (χ0) is 27.4. The van der Waals surface area contributed by atoms with E-state index in [2.05, 4.69) is 16.0 Å². The Morgan fingerprint density at radius 1 is 1.24 bits per heavy atom. The number of rotatable bonds is 5. The number of carbonyl (C=O) groups excluding carboxylic acids is 3. The van der Waals surface area contributed by atoms with Gasteiger partial charge in [0.2, 0.25) is 5.91 Å². The molecule has 1 aromatic rings. The number of halogens is 1. The first-order valence-electron chi connectivity index (χ1n) is 13.3. The van der Waals surface area contributed by atoms with Crippen molar-refractivity contribution in [2.24, 2.45) is 23.7 Å². The van der Waals surface area contributed by atoms with E-state index in [-0.39, 0.29) is 59.4 Å². The van der Waals surface area contributed by atoms with Gasteiger partial charge in [-0.2, -0.15) is 11.8 Å². The highest BCUT2D eigenvalue weighted by Crippen LogP contribution is 2.55. The maximum atomic E-state index is 13.3. The van der Waals surface area contributed by atoms with Crippen LogP contribution in [-0.2, 0) is 4.79 Å². The molecule has 11 heteroatoms. The van der Waals surface area contributed by atoms with Gasteiger partial charge in [0.25, 0.3) is 11.7 Å². The molecule has 3 N–H and O–H groups in total. The second kappa shape index (κ2) is 10.3. The molecule has 208 valence electrons. The highest BCUT2D eigenvalue weighted by atomic mass is 35.5. The summed E-state index contributed by atoms with van der Waals surface area (Å²) in [4.78, 5) is 40.0. The number of amides is 4. The Kier molecular flexibility index (Phi) is 7.41. The number of likely N-dealkylation sites (tertiary alicyclic amines) is 1. The molecule has 6 atom stereocenters. The fraction of sp³-hybridized carbons (Fsp3) is 0.667. The SMILES string of the molecule is CNC(=O)N1CC2CCC(C1)C2[C@@]1(C)Oc2c(Cl)cc(C(=O)NCC3C(=O)NC(C)CC3SC)c(C)c2O1. The molecule has 2 bridgehead atoms. The van der Waals surface area contributed by atoms with Crippen molar-refractivity contribution >= 4 is 41.2 Å². The largest absolute Gasteiger partial charge is 0.448 e. The Balaban J connectivity index is 1.32. The van der Waals surface area contributed by atoms with Gasteiger partial charge in [-0.25, -0.2) is 4.79 Å². The fourth-order valence-corrected chi connectivity index (χ4v) is 8.26. The third kappa shape index (κ3) is 4.68. The summed E-state index contributed by atoms with van der Waals surface area (Å²) in [5.41, 5.74) is 1.06. The lowest BCUT2D eigenvalue weighted by atomic mass is 9.79. The lowest BCUT2D eigenvalue weighted by Gasteiger charge is -2.43. The van der Waals surface area contributed by atoms with Gasteiger partial charge in [0, 0.05) is 61.9 Å². The highest BCUT2D eigenvalue weighted by molar-refractivity contribution is 7.99. The van der Waals surface area contributed by atoms with Crippen molar-refractivity contribution in [1.29, 1.82) is 0 Å². The van der Waals surface area contributed by atoms with Gasteiger partial charge in [0.1, 0.15) is 0 Å². The Morgan fingerprint density at radius 3 is 2.53 bits per heavy atom. The topological polar surface area (TPSA) is 109 Å². The minimum absolute atomic E-state index is 0.0308. The number of ether oxygens (including phenoxy) is 2. The summed E-state index contributed by atoms with van der Waals surface area (Å²) in [5.74, 6) is -0.0136. The molecule has 0 aromatic heterocycles. The summed E-state index contributed by atoms with van der Waals surface area (Å²) < 4.78 is 13.0. The number of nitrogens with zero attached hydrogens (tertiary/aromatic N) is 1. The second-order valence-electron chi connectivity index (χ2n) is 11.2. The van der Waals surface area contributed by atoms with E-state index in [9.17, 15) is 14.4 Å². The van der Waals surface area contributed by atoms with E-state index in [0.717, 1.165) is 19.3 Å². The average molecular weight is 565 g/mol. The van der Waals surface area contributed by atoms with Crippen LogP contribution in [0.15, 0.2) is 6.07 Å². The molecule has 38 heavy (non-hydrogen) atoms. The summed E-state index contributed by atoms with van der Waals surface area (Å²) in [6, 6.07) is 1.70. The normalized spacial score (nSPS) is 33.6. The van der Waals surface area contributed by atoms with Crippen molar-refractivity contribution in [1.82, 2.24) is 20.9 Å². The van der Waals surface area contributed by atoms with Crippen LogP contribution in [0.3, 0.4) is 0 Å². The quantitative estimate of drug-likeness (QED) is 0.506. The maximum Gasteiger partial charge on any atom is 0.317 e. The standard InChI is InChI=1S/C27H37ClN4O5S/c1-13-8-20(38-5)18(25(34)31-13)10-30-24(33)17-9-19(28)23-22(14(17)2)36-27(3,37-23)21-15-6-7-16(21)12-32(11-15)26(35)29-4/h9,13,15-16,18,20-21H,6-8,10-12H2,1-5H3,(H,29,35)(H,30,33)(H,31,34)/t13?,15?,16?,18?,20?,21?,27-/m1/s1. The molecule has 5 rings (SSSR count). The predicted octanol–water partition coefficient (Wildman–Crippen LogP) is 3.42. The van der Waals surface area contributed by atoms with Crippen LogP contribution in [0.4, 0.5) is 4.79 Å². The Bertz CT molecular complexity index is 1140. The number of nitrogens with one attached hydrogen (secondary N) is 3. The molecular formula is C27H37ClN4O5S. The summed E-state index contributed by atoms with van der Waals surface area (Å²) in [6.07, 6.45) is 4.88. The molecule has 4 amide bonds. The third-order valence-corrected chi connectivity index (χ3v) is 10.2. The zero-order valence-electron chi connectivity index (χ0n) is 22.6. The highest BCUT2D eigenvalue weighted by Gasteiger charge is 2.57. The van der Waals surface area contributed by atoms with Crippen LogP contribution in [0.5, 0.6) is 11.5 Å². The van der Waals surface area contributed by atoms with Gasteiger partial charge >= 0.3 is 6.03 Å². The lowest BCUT2D eigenvalue weighted by Crippen LogP contribution is -2.56. The van der Waals surface area contributed by atoms with E-state index in [1.807, 2.05) is 31.9 Å². The van der Waals surface area contributed by atoms with E-state index < -0.39 is 5.79 Å². The molecule has 1 saturated carbocycles. The summed E-state index contributed by atoms with van der Waals surface area (Å²) in [5, 5.41) is 9.14. The van der Waals surface area contributed by atoms with Crippen molar-refractivity contribution in [3.8, 4) is 11.5 Å². The van der Waals surface area contributed by atoms with E-state index in [1.54, 1.807) is 24.9 Å². The second-order valence-corrected chi connectivity index (χ2v) is 12.7. The van der Waals surface area contributed by atoms with Crippen molar-refractivity contribution in [2.45, 2.75) is 57.1 Å². The smallest absolute Gasteiger partial charge is 0.317 e. The van der Waals surface area contributed by atoms with Crippen molar-refractivity contribution in [3.05, 3.63) is 22.2 Å². The van der Waals surface area contributed by atoms with Gasteiger partial charge in [-0.05, 0) is 57.3 Å². The molecule has 0 radical (unpaired) electrons. The van der Waals surface area contributed by atoms with E-state index in [4.69, 9.17) is 21.1 Å². The number of urea groups is 1. The monoisotopic (exact) mass is 564 g/mol. The van der Waals surface area contributed by atoms with Crippen LogP contribution >= 0.6 is 23.4 Å². The predicted molar refractivity (Wildman–Crippen MR) is 147 cm³/mol.